The first-order chi connectivity index (χ1) is 16.5. The number of hydrogen-bond acceptors (Lipinski definition) is 7. The zero-order valence-electron chi connectivity index (χ0n) is 20.2. The summed E-state index contributed by atoms with van der Waals surface area (Å²) in [6.07, 6.45) is 10.3. The van der Waals surface area contributed by atoms with Crippen molar-refractivity contribution in [2.24, 2.45) is 7.05 Å². The lowest BCUT2D eigenvalue weighted by atomic mass is 10.1. The summed E-state index contributed by atoms with van der Waals surface area (Å²) in [5.74, 6) is 1.62. The molecule has 0 amide bonds. The third-order valence-corrected chi connectivity index (χ3v) is 6.04. The van der Waals surface area contributed by atoms with E-state index in [0.717, 1.165) is 54.2 Å². The van der Waals surface area contributed by atoms with E-state index >= 15 is 0 Å². The van der Waals surface area contributed by atoms with Gasteiger partial charge in [-0.05, 0) is 56.6 Å². The molecular weight excluding hydrogens is 428 g/mol. The van der Waals surface area contributed by atoms with E-state index in [1.165, 1.54) is 24.8 Å². The number of nitrogens with zero attached hydrogens (tertiary/aromatic N) is 8. The number of aryl methyl sites for hydroxylation is 1. The second-order valence-electron chi connectivity index (χ2n) is 9.24. The Morgan fingerprint density at radius 1 is 0.971 bits per heavy atom. The maximum atomic E-state index is 6.02. The molecule has 0 N–H and O–H groups in total. The molecule has 1 saturated heterocycles. The highest BCUT2D eigenvalue weighted by molar-refractivity contribution is 5.79. The topological polar surface area (TPSA) is 77.1 Å². The van der Waals surface area contributed by atoms with Crippen LogP contribution in [-0.2, 0) is 20.0 Å². The van der Waals surface area contributed by atoms with Crippen molar-refractivity contribution in [2.75, 3.05) is 38.7 Å². The third kappa shape index (κ3) is 5.20. The summed E-state index contributed by atoms with van der Waals surface area (Å²) >= 11 is 0. The van der Waals surface area contributed by atoms with Crippen molar-refractivity contribution in [3.8, 4) is 11.8 Å². The molecule has 4 aromatic rings. The van der Waals surface area contributed by atoms with Gasteiger partial charge in [0.15, 0.2) is 5.82 Å². The van der Waals surface area contributed by atoms with Gasteiger partial charge in [-0.15, -0.1) is 0 Å². The molecule has 3 aromatic heterocycles. The number of benzene rings is 1. The number of anilines is 1. The fourth-order valence-corrected chi connectivity index (χ4v) is 4.39. The maximum absolute atomic E-state index is 6.02. The van der Waals surface area contributed by atoms with E-state index in [9.17, 15) is 0 Å². The normalized spacial score (nSPS) is 14.3. The van der Waals surface area contributed by atoms with E-state index in [4.69, 9.17) is 19.8 Å². The predicted molar refractivity (Wildman–Crippen MR) is 133 cm³/mol. The average molecular weight is 461 g/mol. The Kier molecular flexibility index (Phi) is 6.44. The first-order valence-electron chi connectivity index (χ1n) is 11.9. The number of piperidine rings is 1. The minimum atomic E-state index is 0.384. The number of hydrogen-bond donors (Lipinski definition) is 0. The Morgan fingerprint density at radius 3 is 2.56 bits per heavy atom. The standard InChI is InChI=1S/C25H32N8O/c1-30(2)16-19-7-8-22-21(13-19)18-33(29-22)24-14-23(32-10-5-4-6-11-32)27-25(28-24)34-12-9-20-15-26-31(3)17-20/h7-8,13-15,17-18H,4-6,9-12,16H2,1-3H3. The lowest BCUT2D eigenvalue weighted by Crippen LogP contribution is -2.30. The van der Waals surface area contributed by atoms with Crippen LogP contribution < -0.4 is 9.64 Å². The van der Waals surface area contributed by atoms with Crippen molar-refractivity contribution in [2.45, 2.75) is 32.2 Å². The molecule has 1 aromatic carbocycles. The fourth-order valence-electron chi connectivity index (χ4n) is 4.39. The Hall–Kier alpha value is -3.46. The molecule has 1 aliphatic rings. The fraction of sp³-hybridized carbons (Fsp3) is 0.440. The Morgan fingerprint density at radius 2 is 1.79 bits per heavy atom. The van der Waals surface area contributed by atoms with Crippen molar-refractivity contribution in [3.05, 3.63) is 54.0 Å². The van der Waals surface area contributed by atoms with Gasteiger partial charge >= 0.3 is 6.01 Å². The van der Waals surface area contributed by atoms with Crippen molar-refractivity contribution >= 4 is 16.7 Å². The second kappa shape index (κ2) is 9.80. The molecule has 0 unspecified atom stereocenters. The molecule has 9 heteroatoms. The van der Waals surface area contributed by atoms with Crippen LogP contribution in [0.2, 0.25) is 0 Å². The molecule has 0 radical (unpaired) electrons. The van der Waals surface area contributed by atoms with Crippen LogP contribution in [0.25, 0.3) is 16.7 Å². The van der Waals surface area contributed by atoms with Gasteiger partial charge in [-0.1, -0.05) is 6.07 Å². The summed E-state index contributed by atoms with van der Waals surface area (Å²) in [7, 11) is 6.07. The van der Waals surface area contributed by atoms with Crippen LogP contribution in [0.1, 0.15) is 30.4 Å². The van der Waals surface area contributed by atoms with E-state index in [-0.39, 0.29) is 0 Å². The highest BCUT2D eigenvalue weighted by atomic mass is 16.5. The van der Waals surface area contributed by atoms with Gasteiger partial charge in [0.2, 0.25) is 0 Å². The summed E-state index contributed by atoms with van der Waals surface area (Å²) in [6.45, 7) is 3.38. The molecule has 1 aliphatic heterocycles. The van der Waals surface area contributed by atoms with Crippen LogP contribution >= 0.6 is 0 Å². The lowest BCUT2D eigenvalue weighted by molar-refractivity contribution is 0.295. The third-order valence-electron chi connectivity index (χ3n) is 6.04. The van der Waals surface area contributed by atoms with Gasteiger partial charge in [0, 0.05) is 56.9 Å². The Labute approximate surface area is 200 Å². The smallest absolute Gasteiger partial charge is 0.320 e. The van der Waals surface area contributed by atoms with Crippen molar-refractivity contribution < 1.29 is 4.74 Å². The molecule has 178 valence electrons. The van der Waals surface area contributed by atoms with Crippen LogP contribution in [0.15, 0.2) is 42.9 Å². The van der Waals surface area contributed by atoms with Gasteiger partial charge in [0.1, 0.15) is 5.82 Å². The SMILES string of the molecule is CN(C)Cc1ccc2nn(-c3cc(N4CCCCC4)nc(OCCc4cnn(C)c4)n3)cc2c1. The summed E-state index contributed by atoms with van der Waals surface area (Å²) in [5.41, 5.74) is 3.33. The summed E-state index contributed by atoms with van der Waals surface area (Å²) < 4.78 is 9.66. The highest BCUT2D eigenvalue weighted by Gasteiger charge is 2.17. The summed E-state index contributed by atoms with van der Waals surface area (Å²) in [5, 5.41) is 10.1. The predicted octanol–water partition coefficient (Wildman–Crippen LogP) is 3.22. The second-order valence-corrected chi connectivity index (χ2v) is 9.24. The van der Waals surface area contributed by atoms with Crippen molar-refractivity contribution in [1.82, 2.24) is 34.4 Å². The summed E-state index contributed by atoms with van der Waals surface area (Å²) in [6, 6.07) is 8.80. The molecule has 34 heavy (non-hydrogen) atoms. The highest BCUT2D eigenvalue weighted by Crippen LogP contribution is 2.24. The first kappa shape index (κ1) is 22.3. The van der Waals surface area contributed by atoms with E-state index in [0.29, 0.717) is 12.6 Å². The molecule has 0 spiro atoms. The number of ether oxygens (including phenoxy) is 1. The molecule has 4 heterocycles. The molecule has 1 fully saturated rings. The van der Waals surface area contributed by atoms with Crippen LogP contribution in [0.3, 0.4) is 0 Å². The molecule has 9 nitrogen and oxygen atoms in total. The maximum Gasteiger partial charge on any atom is 0.320 e. The van der Waals surface area contributed by atoms with Crippen LogP contribution in [0.4, 0.5) is 5.82 Å². The molecule has 0 bridgehead atoms. The van der Waals surface area contributed by atoms with Crippen LogP contribution in [-0.4, -0.2) is 68.2 Å². The Balaban J connectivity index is 1.43. The molecule has 0 atom stereocenters. The monoisotopic (exact) mass is 460 g/mol. The number of aromatic nitrogens is 6. The van der Waals surface area contributed by atoms with Gasteiger partial charge < -0.3 is 14.5 Å². The largest absolute Gasteiger partial charge is 0.463 e. The number of rotatable bonds is 8. The van der Waals surface area contributed by atoms with Gasteiger partial charge in [-0.3, -0.25) is 4.68 Å². The van der Waals surface area contributed by atoms with Crippen molar-refractivity contribution in [3.63, 3.8) is 0 Å². The van der Waals surface area contributed by atoms with Crippen LogP contribution in [0.5, 0.6) is 6.01 Å². The van der Waals surface area contributed by atoms with Gasteiger partial charge in [0.05, 0.1) is 18.3 Å². The zero-order valence-corrected chi connectivity index (χ0v) is 20.2. The number of fused-ring (bicyclic) bond motifs is 1. The lowest BCUT2D eigenvalue weighted by Gasteiger charge is -2.28. The van der Waals surface area contributed by atoms with Gasteiger partial charge in [-0.25, -0.2) is 4.68 Å². The average Bonchev–Trinajstić information content (AvgIpc) is 3.45. The molecule has 0 saturated carbocycles. The molecular formula is C25H32N8O. The molecule has 5 rings (SSSR count). The van der Waals surface area contributed by atoms with E-state index < -0.39 is 0 Å². The van der Waals surface area contributed by atoms with Crippen LogP contribution in [0, 0.1) is 0 Å². The zero-order chi connectivity index (χ0) is 23.5. The van der Waals surface area contributed by atoms with Gasteiger partial charge in [0.25, 0.3) is 0 Å². The van der Waals surface area contributed by atoms with E-state index in [2.05, 4.69) is 47.2 Å². The van der Waals surface area contributed by atoms with E-state index in [1.807, 2.05) is 36.4 Å². The first-order valence-corrected chi connectivity index (χ1v) is 11.9. The quantitative estimate of drug-likeness (QED) is 0.400. The van der Waals surface area contributed by atoms with Gasteiger partial charge in [-0.2, -0.15) is 20.2 Å². The molecule has 0 aliphatic carbocycles. The summed E-state index contributed by atoms with van der Waals surface area (Å²) in [4.78, 5) is 13.9. The minimum absolute atomic E-state index is 0.384. The van der Waals surface area contributed by atoms with E-state index in [1.54, 1.807) is 4.68 Å². The Bertz CT molecular complexity index is 1260. The minimum Gasteiger partial charge on any atom is -0.463 e. The van der Waals surface area contributed by atoms with Crippen molar-refractivity contribution in [1.29, 1.82) is 0 Å².